The van der Waals surface area contributed by atoms with Crippen molar-refractivity contribution in [3.63, 3.8) is 0 Å². The minimum atomic E-state index is -0.403. The SMILES string of the molecule is CCC(C)C1NC(=O)c2ccccc2C1=CC(=O)OC. The Labute approximate surface area is 118 Å². The number of hydrogen-bond acceptors (Lipinski definition) is 3. The van der Waals surface area contributed by atoms with Gasteiger partial charge in [-0.3, -0.25) is 4.79 Å². The van der Waals surface area contributed by atoms with Crippen LogP contribution in [-0.2, 0) is 9.53 Å². The van der Waals surface area contributed by atoms with Crippen LogP contribution in [0.3, 0.4) is 0 Å². The van der Waals surface area contributed by atoms with E-state index in [0.717, 1.165) is 17.6 Å². The molecule has 4 heteroatoms. The number of benzene rings is 1. The van der Waals surface area contributed by atoms with E-state index in [-0.39, 0.29) is 17.9 Å². The molecule has 0 spiro atoms. The second-order valence-electron chi connectivity index (χ2n) is 5.01. The Kier molecular flexibility index (Phi) is 4.23. The van der Waals surface area contributed by atoms with E-state index in [1.807, 2.05) is 18.2 Å². The normalized spacial score (nSPS) is 21.1. The van der Waals surface area contributed by atoms with Crippen molar-refractivity contribution in [3.05, 3.63) is 41.5 Å². The first-order valence-corrected chi connectivity index (χ1v) is 6.78. The Hall–Kier alpha value is -2.10. The van der Waals surface area contributed by atoms with Gasteiger partial charge in [-0.05, 0) is 23.1 Å². The number of rotatable bonds is 3. The van der Waals surface area contributed by atoms with Crippen LogP contribution in [-0.4, -0.2) is 25.0 Å². The fraction of sp³-hybridized carbons (Fsp3) is 0.375. The molecule has 0 saturated heterocycles. The smallest absolute Gasteiger partial charge is 0.330 e. The first-order valence-electron chi connectivity index (χ1n) is 6.78. The topological polar surface area (TPSA) is 55.4 Å². The highest BCUT2D eigenvalue weighted by Crippen LogP contribution is 2.31. The molecular formula is C16H19NO3. The summed E-state index contributed by atoms with van der Waals surface area (Å²) in [5.74, 6) is -0.254. The molecule has 0 fully saturated rings. The maximum Gasteiger partial charge on any atom is 0.330 e. The Bertz CT molecular complexity index is 563. The number of esters is 1. The molecular weight excluding hydrogens is 254 g/mol. The maximum absolute atomic E-state index is 12.2. The van der Waals surface area contributed by atoms with E-state index in [1.165, 1.54) is 13.2 Å². The van der Waals surface area contributed by atoms with Gasteiger partial charge >= 0.3 is 5.97 Å². The molecule has 2 unspecified atom stereocenters. The van der Waals surface area contributed by atoms with Gasteiger partial charge < -0.3 is 10.1 Å². The molecule has 1 heterocycles. The molecule has 4 nitrogen and oxygen atoms in total. The minimum Gasteiger partial charge on any atom is -0.466 e. The second-order valence-corrected chi connectivity index (χ2v) is 5.01. The number of nitrogens with one attached hydrogen (secondary N) is 1. The summed E-state index contributed by atoms with van der Waals surface area (Å²) in [7, 11) is 1.35. The van der Waals surface area contributed by atoms with Crippen LogP contribution in [0.4, 0.5) is 0 Å². The van der Waals surface area contributed by atoms with Crippen LogP contribution >= 0.6 is 0 Å². The number of carbonyl (C=O) groups excluding carboxylic acids is 2. The molecule has 1 amide bonds. The van der Waals surface area contributed by atoms with Gasteiger partial charge in [-0.1, -0.05) is 38.5 Å². The molecule has 106 valence electrons. The zero-order valence-electron chi connectivity index (χ0n) is 12.0. The molecule has 2 atom stereocenters. The Morgan fingerprint density at radius 2 is 2.05 bits per heavy atom. The Morgan fingerprint density at radius 1 is 1.40 bits per heavy atom. The van der Waals surface area contributed by atoms with Crippen molar-refractivity contribution < 1.29 is 14.3 Å². The summed E-state index contributed by atoms with van der Waals surface area (Å²) in [4.78, 5) is 23.8. The maximum atomic E-state index is 12.2. The largest absolute Gasteiger partial charge is 0.466 e. The predicted molar refractivity (Wildman–Crippen MR) is 77.1 cm³/mol. The van der Waals surface area contributed by atoms with E-state index >= 15 is 0 Å². The summed E-state index contributed by atoms with van der Waals surface area (Å²) in [6.45, 7) is 4.12. The fourth-order valence-electron chi connectivity index (χ4n) is 2.44. The van der Waals surface area contributed by atoms with E-state index in [9.17, 15) is 9.59 Å². The number of carbonyl (C=O) groups is 2. The average Bonchev–Trinajstić information content (AvgIpc) is 2.48. The van der Waals surface area contributed by atoms with Crippen LogP contribution in [0.15, 0.2) is 30.3 Å². The summed E-state index contributed by atoms with van der Waals surface area (Å²) >= 11 is 0. The van der Waals surface area contributed by atoms with Crippen molar-refractivity contribution in [3.8, 4) is 0 Å². The first kappa shape index (κ1) is 14.3. The highest BCUT2D eigenvalue weighted by atomic mass is 16.5. The molecule has 1 aliphatic rings. The van der Waals surface area contributed by atoms with Gasteiger partial charge in [0, 0.05) is 11.6 Å². The van der Waals surface area contributed by atoms with Crippen LogP contribution in [0.5, 0.6) is 0 Å². The molecule has 0 radical (unpaired) electrons. The van der Waals surface area contributed by atoms with Crippen LogP contribution in [0.2, 0.25) is 0 Å². The third-order valence-corrected chi connectivity index (χ3v) is 3.79. The quantitative estimate of drug-likeness (QED) is 0.679. The van der Waals surface area contributed by atoms with Gasteiger partial charge in [-0.15, -0.1) is 0 Å². The van der Waals surface area contributed by atoms with Gasteiger partial charge in [-0.2, -0.15) is 0 Å². The third-order valence-electron chi connectivity index (χ3n) is 3.79. The van der Waals surface area contributed by atoms with Crippen LogP contribution in [0.1, 0.15) is 36.2 Å². The van der Waals surface area contributed by atoms with Gasteiger partial charge in [0.1, 0.15) is 0 Å². The first-order chi connectivity index (χ1) is 9.58. The lowest BCUT2D eigenvalue weighted by Gasteiger charge is -2.32. The molecule has 1 N–H and O–H groups in total. The highest BCUT2D eigenvalue weighted by Gasteiger charge is 2.31. The molecule has 1 aliphatic heterocycles. The Balaban J connectivity index is 2.55. The summed E-state index contributed by atoms with van der Waals surface area (Å²) in [5.41, 5.74) is 2.23. The molecule has 20 heavy (non-hydrogen) atoms. The average molecular weight is 273 g/mol. The summed E-state index contributed by atoms with van der Waals surface area (Å²) in [6, 6.07) is 7.16. The molecule has 2 rings (SSSR count). The van der Waals surface area contributed by atoms with Crippen LogP contribution in [0.25, 0.3) is 5.57 Å². The third kappa shape index (κ3) is 2.59. The lowest BCUT2D eigenvalue weighted by Crippen LogP contribution is -2.44. The monoisotopic (exact) mass is 273 g/mol. The van der Waals surface area contributed by atoms with E-state index in [4.69, 9.17) is 4.74 Å². The molecule has 0 aliphatic carbocycles. The zero-order valence-corrected chi connectivity index (χ0v) is 12.0. The van der Waals surface area contributed by atoms with Crippen molar-refractivity contribution >= 4 is 17.4 Å². The van der Waals surface area contributed by atoms with Crippen molar-refractivity contribution in [1.82, 2.24) is 5.32 Å². The van der Waals surface area contributed by atoms with Gasteiger partial charge in [0.25, 0.3) is 5.91 Å². The number of amides is 1. The lowest BCUT2D eigenvalue weighted by molar-refractivity contribution is -0.134. The Morgan fingerprint density at radius 3 is 2.65 bits per heavy atom. The van der Waals surface area contributed by atoms with Gasteiger partial charge in [0.15, 0.2) is 0 Å². The van der Waals surface area contributed by atoms with E-state index in [2.05, 4.69) is 19.2 Å². The van der Waals surface area contributed by atoms with Gasteiger partial charge in [0.05, 0.1) is 13.2 Å². The minimum absolute atomic E-state index is 0.0899. The van der Waals surface area contributed by atoms with Crippen molar-refractivity contribution in [1.29, 1.82) is 0 Å². The van der Waals surface area contributed by atoms with Crippen LogP contribution in [0, 0.1) is 5.92 Å². The van der Waals surface area contributed by atoms with Gasteiger partial charge in [-0.25, -0.2) is 4.79 Å². The number of ether oxygens (including phenoxy) is 1. The van der Waals surface area contributed by atoms with Crippen molar-refractivity contribution in [2.24, 2.45) is 5.92 Å². The van der Waals surface area contributed by atoms with E-state index in [1.54, 1.807) is 6.07 Å². The number of methoxy groups -OCH3 is 1. The fourth-order valence-corrected chi connectivity index (χ4v) is 2.44. The molecule has 0 aromatic heterocycles. The molecule has 0 bridgehead atoms. The number of fused-ring (bicyclic) bond motifs is 1. The lowest BCUT2D eigenvalue weighted by atomic mass is 9.82. The van der Waals surface area contributed by atoms with Gasteiger partial charge in [0.2, 0.25) is 0 Å². The summed E-state index contributed by atoms with van der Waals surface area (Å²) in [5, 5.41) is 2.99. The van der Waals surface area contributed by atoms with E-state index < -0.39 is 5.97 Å². The summed E-state index contributed by atoms with van der Waals surface area (Å²) in [6.07, 6.45) is 2.39. The van der Waals surface area contributed by atoms with E-state index in [0.29, 0.717) is 5.56 Å². The van der Waals surface area contributed by atoms with Crippen molar-refractivity contribution in [2.45, 2.75) is 26.3 Å². The molecule has 0 saturated carbocycles. The predicted octanol–water partition coefficient (Wildman–Crippen LogP) is 2.40. The number of hydrogen-bond donors (Lipinski definition) is 1. The zero-order chi connectivity index (χ0) is 14.7. The second kappa shape index (κ2) is 5.90. The standard InChI is InChI=1S/C16H19NO3/c1-4-10(2)15-13(9-14(18)20-3)11-7-5-6-8-12(11)16(19)17-15/h5-10,15H,4H2,1-3H3,(H,17,19). The van der Waals surface area contributed by atoms with Crippen molar-refractivity contribution in [2.75, 3.05) is 7.11 Å². The molecule has 1 aromatic rings. The summed E-state index contributed by atoms with van der Waals surface area (Å²) < 4.78 is 4.73. The van der Waals surface area contributed by atoms with Crippen LogP contribution < -0.4 is 5.32 Å². The highest BCUT2D eigenvalue weighted by molar-refractivity contribution is 6.06. The molecule has 1 aromatic carbocycles.